The highest BCUT2D eigenvalue weighted by molar-refractivity contribution is 6.25. The van der Waals surface area contributed by atoms with E-state index in [4.69, 9.17) is 0 Å². The molecule has 0 N–H and O–H groups in total. The first kappa shape index (κ1) is 81.9. The minimum absolute atomic E-state index is 1.17. The Hall–Kier alpha value is -17.3. The lowest BCUT2D eigenvalue weighted by Crippen LogP contribution is -1.93. The van der Waals surface area contributed by atoms with Crippen LogP contribution in [-0.4, -0.2) is 9.13 Å². The van der Waals surface area contributed by atoms with Gasteiger partial charge in [0, 0.05) is 32.9 Å². The number of hydrogen-bond donors (Lipinski definition) is 0. The van der Waals surface area contributed by atoms with E-state index in [1.54, 1.807) is 0 Å². The summed E-state index contributed by atoms with van der Waals surface area (Å²) >= 11 is 0. The van der Waals surface area contributed by atoms with Gasteiger partial charge in [-0.25, -0.2) is 0 Å². The molecule has 25 rings (SSSR count). The zero-order valence-electron chi connectivity index (χ0n) is 76.2. The lowest BCUT2D eigenvalue weighted by molar-refractivity contribution is 1.18. The predicted octanol–water partition coefficient (Wildman–Crippen LogP) is 37.1. The Morgan fingerprint density at radius 1 is 0.110 bits per heavy atom. The summed E-state index contributed by atoms with van der Waals surface area (Å²) in [5.41, 5.74) is 43.7. The second-order valence-corrected chi connectivity index (χ2v) is 36.5. The van der Waals surface area contributed by atoms with Crippen LogP contribution in [0.3, 0.4) is 0 Å². The highest BCUT2D eigenvalue weighted by atomic mass is 15.0. The van der Waals surface area contributed by atoms with Crippen molar-refractivity contribution in [1.82, 2.24) is 9.13 Å². The molecule has 23 aromatic carbocycles. The van der Waals surface area contributed by atoms with Crippen LogP contribution >= 0.6 is 0 Å². The fraction of sp³-hybridized carbons (Fsp3) is 0.0299. The summed E-state index contributed by atoms with van der Waals surface area (Å²) < 4.78 is 4.76. The summed E-state index contributed by atoms with van der Waals surface area (Å²) in [4.78, 5) is 0. The van der Waals surface area contributed by atoms with E-state index in [9.17, 15) is 0 Å². The summed E-state index contributed by atoms with van der Waals surface area (Å²) in [6.07, 6.45) is 0. The minimum atomic E-state index is 1.17. The van der Waals surface area contributed by atoms with Gasteiger partial charge in [-0.2, -0.15) is 0 Å². The third-order valence-corrected chi connectivity index (χ3v) is 27.9. The highest BCUT2D eigenvalue weighted by Crippen LogP contribution is 2.51. The van der Waals surface area contributed by atoms with Crippen molar-refractivity contribution in [3.05, 3.63) is 520 Å². The fourth-order valence-electron chi connectivity index (χ4n) is 20.9. The third-order valence-electron chi connectivity index (χ3n) is 27.9. The van der Waals surface area contributed by atoms with Gasteiger partial charge in [0.2, 0.25) is 0 Å². The number of para-hydroxylation sites is 4. The zero-order valence-corrected chi connectivity index (χ0v) is 76.2. The molecule has 0 unspecified atom stereocenters. The van der Waals surface area contributed by atoms with Crippen LogP contribution in [0.2, 0.25) is 0 Å². The molecule has 0 aliphatic heterocycles. The summed E-state index contributed by atoms with van der Waals surface area (Å²) in [5.74, 6) is 0. The minimum Gasteiger partial charge on any atom is -0.309 e. The van der Waals surface area contributed by atoms with Crippen LogP contribution in [0.5, 0.6) is 0 Å². The first-order chi connectivity index (χ1) is 67.0. The van der Waals surface area contributed by atoms with Crippen molar-refractivity contribution in [3.63, 3.8) is 0 Å². The topological polar surface area (TPSA) is 9.86 Å². The Morgan fingerprint density at radius 3 is 0.529 bits per heavy atom. The molecule has 0 radical (unpaired) electrons. The molecule has 0 saturated heterocycles. The maximum Gasteiger partial charge on any atom is 0.0541 e. The van der Waals surface area contributed by atoms with Gasteiger partial charge in [0.1, 0.15) is 0 Å². The van der Waals surface area contributed by atoms with Gasteiger partial charge >= 0.3 is 0 Å². The van der Waals surface area contributed by atoms with Crippen LogP contribution in [0.1, 0.15) is 22.3 Å². The van der Waals surface area contributed by atoms with Crippen molar-refractivity contribution in [2.45, 2.75) is 27.7 Å². The molecular formula is C134H94N2. The molecule has 0 atom stereocenters. The first-order valence-corrected chi connectivity index (χ1v) is 47.2. The van der Waals surface area contributed by atoms with Crippen LogP contribution in [-0.2, 0) is 0 Å². The first-order valence-electron chi connectivity index (χ1n) is 47.2. The van der Waals surface area contributed by atoms with E-state index in [0.29, 0.717) is 0 Å². The molecule has 0 aliphatic carbocycles. The molecule has 25 aromatic rings. The van der Waals surface area contributed by atoms with Crippen molar-refractivity contribution in [2.75, 3.05) is 0 Å². The van der Waals surface area contributed by atoms with Gasteiger partial charge in [0.05, 0.1) is 22.1 Å². The van der Waals surface area contributed by atoms with E-state index in [-0.39, 0.29) is 0 Å². The number of hydrogen-bond acceptors (Lipinski definition) is 0. The molecule has 136 heavy (non-hydrogen) atoms. The standard InChI is InChI=1S/C70H49N.C64H45N/c1-46-17-21-52(22-18-46)57-38-41-63-65(44-57)69(55-33-29-51(30-34-55)50-27-25-49(26-28-50)48-11-5-3-6-12-48)62-40-37-58(53-23-19-47(2)20-24-53)45-66(62)70(63)56-35-31-54(32-36-56)59-39-42-68-64(43-59)61-15-9-10-16-67(61)71(68)60-13-7-4-8-14-60;1-42-17-21-46(22-18-42)51-34-37-57-59(40-51)63(49-29-25-45(26-30-49)44-11-5-3-6-12-44)56-36-33-52(47-23-19-43(2)20-24-47)41-60(56)64(57)50-31-27-48(28-32-50)53-35-38-62-58(39-53)55-15-9-10-16-61(55)65(62)54-13-7-4-8-14-54/h3-45H,1-2H3;3-41H,1-2H3. The van der Waals surface area contributed by atoms with Crippen molar-refractivity contribution < 1.29 is 0 Å². The van der Waals surface area contributed by atoms with Gasteiger partial charge in [-0.15, -0.1) is 0 Å². The van der Waals surface area contributed by atoms with Crippen LogP contribution in [0.25, 0.3) is 243 Å². The van der Waals surface area contributed by atoms with E-state index >= 15 is 0 Å². The molecular weight excluding hydrogens is 1640 g/mol. The number of fused-ring (bicyclic) bond motifs is 10. The fourth-order valence-corrected chi connectivity index (χ4v) is 20.9. The molecule has 0 amide bonds. The Morgan fingerprint density at radius 2 is 0.279 bits per heavy atom. The second kappa shape index (κ2) is 34.8. The van der Waals surface area contributed by atoms with Crippen molar-refractivity contribution >= 4 is 86.7 Å². The van der Waals surface area contributed by atoms with Gasteiger partial charge in [0.15, 0.2) is 0 Å². The highest BCUT2D eigenvalue weighted by Gasteiger charge is 2.25. The molecule has 0 bridgehead atoms. The van der Waals surface area contributed by atoms with Crippen LogP contribution in [0.15, 0.2) is 497 Å². The van der Waals surface area contributed by atoms with E-state index in [2.05, 4.69) is 534 Å². The van der Waals surface area contributed by atoms with E-state index in [1.165, 1.54) is 265 Å². The normalized spacial score (nSPS) is 11.5. The predicted molar refractivity (Wildman–Crippen MR) is 581 cm³/mol. The largest absolute Gasteiger partial charge is 0.309 e. The number of aromatic nitrogens is 2. The van der Waals surface area contributed by atoms with E-state index in [0.717, 1.165) is 0 Å². The Bertz CT molecular complexity index is 8840. The molecule has 0 fully saturated rings. The zero-order chi connectivity index (χ0) is 90.9. The Kier molecular flexibility index (Phi) is 20.9. The Labute approximate surface area is 793 Å². The molecule has 2 heteroatoms. The average Bonchev–Trinajstić information content (AvgIpc) is 1.47. The molecule has 640 valence electrons. The lowest BCUT2D eigenvalue weighted by atomic mass is 9.83. The molecule has 0 aliphatic rings. The summed E-state index contributed by atoms with van der Waals surface area (Å²) in [5, 5.41) is 14.9. The number of rotatable bonds is 15. The second-order valence-electron chi connectivity index (χ2n) is 36.5. The van der Waals surface area contributed by atoms with Crippen molar-refractivity contribution in [2.24, 2.45) is 0 Å². The van der Waals surface area contributed by atoms with Gasteiger partial charge < -0.3 is 9.13 Å². The maximum atomic E-state index is 2.43. The Balaban J connectivity index is 0.000000149. The lowest BCUT2D eigenvalue weighted by Gasteiger charge is -2.20. The summed E-state index contributed by atoms with van der Waals surface area (Å²) in [7, 11) is 0. The van der Waals surface area contributed by atoms with E-state index < -0.39 is 0 Å². The number of nitrogens with zero attached hydrogens (tertiary/aromatic N) is 2. The van der Waals surface area contributed by atoms with E-state index in [1.807, 2.05) is 0 Å². The van der Waals surface area contributed by atoms with Crippen molar-refractivity contribution in [3.8, 4) is 156 Å². The molecule has 0 spiro atoms. The van der Waals surface area contributed by atoms with Crippen molar-refractivity contribution in [1.29, 1.82) is 0 Å². The smallest absolute Gasteiger partial charge is 0.0541 e. The van der Waals surface area contributed by atoms with Gasteiger partial charge in [-0.3, -0.25) is 0 Å². The number of aryl methyl sites for hydroxylation is 4. The van der Waals surface area contributed by atoms with Crippen LogP contribution in [0.4, 0.5) is 0 Å². The van der Waals surface area contributed by atoms with Gasteiger partial charge in [-0.1, -0.05) is 435 Å². The molecule has 2 aromatic heterocycles. The van der Waals surface area contributed by atoms with Crippen LogP contribution in [0, 0.1) is 27.7 Å². The molecule has 2 nitrogen and oxygen atoms in total. The monoisotopic (exact) mass is 1730 g/mol. The van der Waals surface area contributed by atoms with Crippen LogP contribution < -0.4 is 0 Å². The maximum absolute atomic E-state index is 2.43. The third kappa shape index (κ3) is 15.2. The van der Waals surface area contributed by atoms with Gasteiger partial charge in [-0.05, 0) is 300 Å². The summed E-state index contributed by atoms with van der Waals surface area (Å²) in [6.45, 7) is 8.61. The SMILES string of the molecule is Cc1ccc(-c2ccc3c(-c4ccc(-c5ccc6c(c5)c5ccccc5n6-c5ccccc5)cc4)c4cc(-c5ccc(C)cc5)ccc4c(-c4ccc(-c5ccc(-c6ccccc6)cc5)cc4)c3c2)cc1.Cc1ccc(-c2ccc3c(-c4ccc(-c5ccc6c(c5)c5ccccc5n6-c5ccccc5)cc4)c4cc(-c5ccc(C)cc5)ccc4c(-c4ccc(-c5ccccc5)cc4)c3c2)cc1. The number of benzene rings is 23. The van der Waals surface area contributed by atoms with Gasteiger partial charge in [0.25, 0.3) is 0 Å². The average molecular weight is 1730 g/mol. The summed E-state index contributed by atoms with van der Waals surface area (Å²) in [6, 6.07) is 184. The molecule has 2 heterocycles. The quantitative estimate of drug-likeness (QED) is 0.0906. The molecule has 0 saturated carbocycles.